The molecule has 4 aromatic heterocycles. The zero-order valence-corrected chi connectivity index (χ0v) is 28.5. The number of fused-ring (bicyclic) bond motifs is 6. The van der Waals surface area contributed by atoms with Crippen LogP contribution in [0.15, 0.2) is 170 Å². The second kappa shape index (κ2) is 12.7. The highest BCUT2D eigenvalue weighted by Gasteiger charge is 2.14. The largest absolute Gasteiger partial charge is 0.255 e. The third-order valence-electron chi connectivity index (χ3n) is 9.60. The summed E-state index contributed by atoms with van der Waals surface area (Å²) in [6, 6.07) is 56.8. The van der Waals surface area contributed by atoms with E-state index < -0.39 is 0 Å². The van der Waals surface area contributed by atoms with Crippen LogP contribution in [0.3, 0.4) is 0 Å². The van der Waals surface area contributed by atoms with Crippen LogP contribution in [0.1, 0.15) is 7.43 Å². The Morgan fingerprint density at radius 2 is 0.725 bits per heavy atom. The number of rotatable bonds is 5. The van der Waals surface area contributed by atoms with E-state index in [9.17, 15) is 0 Å². The van der Waals surface area contributed by atoms with Crippen LogP contribution in [-0.2, 0) is 0 Å². The van der Waals surface area contributed by atoms with Gasteiger partial charge in [-0.1, -0.05) is 117 Å². The van der Waals surface area contributed by atoms with Gasteiger partial charge in [0.25, 0.3) is 0 Å². The van der Waals surface area contributed by atoms with Crippen molar-refractivity contribution in [1.82, 2.24) is 9.97 Å². The summed E-state index contributed by atoms with van der Waals surface area (Å²) in [5.74, 6) is 0. The molecule has 242 valence electrons. The molecule has 0 N–H and O–H groups in total. The predicted octanol–water partition coefficient (Wildman–Crippen LogP) is 14.2. The highest BCUT2D eigenvalue weighted by Crippen LogP contribution is 2.42. The summed E-state index contributed by atoms with van der Waals surface area (Å²) < 4.78 is 5.29. The third-order valence-corrected chi connectivity index (χ3v) is 12.0. The molecule has 0 radical (unpaired) electrons. The van der Waals surface area contributed by atoms with Crippen molar-refractivity contribution in [2.45, 2.75) is 7.43 Å². The first kappa shape index (κ1) is 31.1. The van der Waals surface area contributed by atoms with Gasteiger partial charge in [-0.15, -0.1) is 22.7 Å². The topological polar surface area (TPSA) is 25.8 Å². The Morgan fingerprint density at radius 1 is 0.333 bits per heavy atom. The third kappa shape index (κ3) is 5.41. The number of pyridine rings is 2. The second-order valence-electron chi connectivity index (χ2n) is 12.6. The summed E-state index contributed by atoms with van der Waals surface area (Å²) in [5.41, 5.74) is 11.2. The van der Waals surface area contributed by atoms with Crippen molar-refractivity contribution in [2.24, 2.45) is 0 Å². The van der Waals surface area contributed by atoms with Crippen molar-refractivity contribution in [3.63, 3.8) is 0 Å². The molecule has 0 fully saturated rings. The zero-order valence-electron chi connectivity index (χ0n) is 26.9. The fourth-order valence-corrected chi connectivity index (χ4v) is 9.66. The Hall–Kier alpha value is -5.94. The molecule has 0 spiro atoms. The molecule has 0 bridgehead atoms. The quantitative estimate of drug-likeness (QED) is 0.180. The summed E-state index contributed by atoms with van der Waals surface area (Å²) in [6.45, 7) is 0. The summed E-state index contributed by atoms with van der Waals surface area (Å²) in [5, 5.41) is 5.26. The van der Waals surface area contributed by atoms with Gasteiger partial charge in [0.05, 0.1) is 11.4 Å². The van der Waals surface area contributed by atoms with E-state index in [2.05, 4.69) is 158 Å². The van der Waals surface area contributed by atoms with Gasteiger partial charge in [0.2, 0.25) is 0 Å². The lowest BCUT2D eigenvalue weighted by Gasteiger charge is -2.10. The lowest BCUT2D eigenvalue weighted by Crippen LogP contribution is -1.90. The minimum Gasteiger partial charge on any atom is -0.255 e. The van der Waals surface area contributed by atoms with Crippen molar-refractivity contribution < 1.29 is 0 Å². The smallest absolute Gasteiger partial charge is 0.0892 e. The van der Waals surface area contributed by atoms with Crippen molar-refractivity contribution >= 4 is 63.0 Å². The van der Waals surface area contributed by atoms with Crippen LogP contribution in [-0.4, -0.2) is 9.97 Å². The van der Waals surface area contributed by atoms with Crippen LogP contribution in [0.5, 0.6) is 0 Å². The molecule has 0 saturated heterocycles. The molecule has 2 nitrogen and oxygen atoms in total. The average molecular weight is 689 g/mol. The Kier molecular flexibility index (Phi) is 7.76. The fraction of sp³-hybridized carbons (Fsp3) is 0.0213. The summed E-state index contributed by atoms with van der Waals surface area (Å²) in [6.07, 6.45) is 3.79. The number of aromatic nitrogens is 2. The number of nitrogens with zero attached hydrogens (tertiary/aromatic N) is 2. The average Bonchev–Trinajstić information content (AvgIpc) is 3.77. The van der Waals surface area contributed by atoms with Gasteiger partial charge >= 0.3 is 0 Å². The molecule has 0 saturated carbocycles. The molecule has 10 aromatic rings. The van der Waals surface area contributed by atoms with Gasteiger partial charge in [0.15, 0.2) is 0 Å². The maximum atomic E-state index is 4.78. The molecule has 4 heterocycles. The standard InChI is InChI=1S/C46H28N2S2.CH4/c1-3-19-43-37(13-1)39-17-7-15-35(45(39)49-43)33-11-5-9-29(25-33)31-21-23-47-41(27-31)42-28-32(22-24-48-42)30-10-6-12-34(26-30)36-16-8-18-40-38-14-2-4-20-44(38)50-46(36)40;/h1-28H;1H4. The molecule has 6 aromatic carbocycles. The fourth-order valence-electron chi connectivity index (χ4n) is 7.18. The minimum absolute atomic E-state index is 0. The van der Waals surface area contributed by atoms with Gasteiger partial charge in [0.1, 0.15) is 0 Å². The zero-order chi connectivity index (χ0) is 33.0. The van der Waals surface area contributed by atoms with Gasteiger partial charge in [-0.25, -0.2) is 0 Å². The monoisotopic (exact) mass is 688 g/mol. The molecule has 51 heavy (non-hydrogen) atoms. The first-order chi connectivity index (χ1) is 24.8. The highest BCUT2D eigenvalue weighted by atomic mass is 32.1. The van der Waals surface area contributed by atoms with Gasteiger partial charge in [-0.2, -0.15) is 0 Å². The summed E-state index contributed by atoms with van der Waals surface area (Å²) in [7, 11) is 0. The van der Waals surface area contributed by atoms with Crippen LogP contribution in [0.4, 0.5) is 0 Å². The number of thiophene rings is 2. The van der Waals surface area contributed by atoms with E-state index in [0.29, 0.717) is 0 Å². The van der Waals surface area contributed by atoms with Crippen molar-refractivity contribution in [2.75, 3.05) is 0 Å². The molecule has 0 aliphatic rings. The Morgan fingerprint density at radius 3 is 1.22 bits per heavy atom. The second-order valence-corrected chi connectivity index (χ2v) is 14.7. The maximum Gasteiger partial charge on any atom is 0.0892 e. The van der Waals surface area contributed by atoms with Crippen molar-refractivity contribution in [1.29, 1.82) is 0 Å². The van der Waals surface area contributed by atoms with Gasteiger partial charge in [-0.3, -0.25) is 9.97 Å². The molecule has 0 aliphatic carbocycles. The molecule has 0 amide bonds. The lowest BCUT2D eigenvalue weighted by molar-refractivity contribution is 1.25. The maximum absolute atomic E-state index is 4.78. The van der Waals surface area contributed by atoms with Gasteiger partial charge < -0.3 is 0 Å². The van der Waals surface area contributed by atoms with Crippen LogP contribution < -0.4 is 0 Å². The first-order valence-electron chi connectivity index (χ1n) is 16.7. The summed E-state index contributed by atoms with van der Waals surface area (Å²) in [4.78, 5) is 9.55. The predicted molar refractivity (Wildman–Crippen MR) is 222 cm³/mol. The molecular formula is C47H32N2S2. The number of hydrogen-bond acceptors (Lipinski definition) is 4. The van der Waals surface area contributed by atoms with Crippen LogP contribution in [0, 0.1) is 0 Å². The number of hydrogen-bond donors (Lipinski definition) is 0. The Labute approximate surface area is 305 Å². The van der Waals surface area contributed by atoms with Crippen LogP contribution >= 0.6 is 22.7 Å². The normalized spacial score (nSPS) is 11.4. The van der Waals surface area contributed by atoms with Crippen molar-refractivity contribution in [3.05, 3.63) is 170 Å². The van der Waals surface area contributed by atoms with E-state index in [4.69, 9.17) is 9.97 Å². The van der Waals surface area contributed by atoms with E-state index in [1.807, 2.05) is 35.1 Å². The summed E-state index contributed by atoms with van der Waals surface area (Å²) >= 11 is 3.73. The SMILES string of the molecule is C.c1cc(-c2ccnc(-c3cc(-c4cccc(-c5cccc6c5sc5ccccc56)c4)ccn3)c2)cc(-c2cccc3c2sc2ccccc23)c1. The van der Waals surface area contributed by atoms with Crippen LogP contribution in [0.2, 0.25) is 0 Å². The van der Waals surface area contributed by atoms with E-state index in [0.717, 1.165) is 33.6 Å². The molecule has 4 heteroatoms. The van der Waals surface area contributed by atoms with E-state index in [1.165, 1.54) is 62.6 Å². The van der Waals surface area contributed by atoms with E-state index in [-0.39, 0.29) is 7.43 Å². The van der Waals surface area contributed by atoms with E-state index >= 15 is 0 Å². The van der Waals surface area contributed by atoms with Crippen LogP contribution in [0.25, 0.3) is 96.2 Å². The first-order valence-corrected chi connectivity index (χ1v) is 18.3. The highest BCUT2D eigenvalue weighted by molar-refractivity contribution is 7.26. The Bertz CT molecular complexity index is 2700. The molecule has 0 aliphatic heterocycles. The molecule has 0 unspecified atom stereocenters. The minimum atomic E-state index is 0. The molecule has 0 atom stereocenters. The molecular weight excluding hydrogens is 657 g/mol. The Balaban J connectivity index is 0.00000348. The van der Waals surface area contributed by atoms with Gasteiger partial charge in [0, 0.05) is 52.7 Å². The number of benzene rings is 6. The molecule has 10 rings (SSSR count). The van der Waals surface area contributed by atoms with E-state index in [1.54, 1.807) is 0 Å². The lowest BCUT2D eigenvalue weighted by atomic mass is 9.97. The van der Waals surface area contributed by atoms with Gasteiger partial charge in [-0.05, 0) is 93.0 Å². The van der Waals surface area contributed by atoms with Crippen molar-refractivity contribution in [3.8, 4) is 55.9 Å².